The Hall–Kier alpha value is -1.45. The van der Waals surface area contributed by atoms with Gasteiger partial charge in [-0.05, 0) is 51.4 Å². The molecule has 0 spiro atoms. The molecule has 0 bridgehead atoms. The van der Waals surface area contributed by atoms with Crippen LogP contribution in [0.25, 0.3) is 0 Å². The summed E-state index contributed by atoms with van der Waals surface area (Å²) in [6.45, 7) is 34.3. The van der Waals surface area contributed by atoms with Crippen molar-refractivity contribution in [3.63, 3.8) is 0 Å². The molecule has 0 aromatic heterocycles. The Morgan fingerprint density at radius 1 is 0.298 bits per heavy atom. The number of hydrogen-bond acceptors (Lipinski definition) is 12. The van der Waals surface area contributed by atoms with Crippen molar-refractivity contribution in [3.05, 3.63) is 49.4 Å². The van der Waals surface area contributed by atoms with Gasteiger partial charge in [0.1, 0.15) is 0 Å². The van der Waals surface area contributed by atoms with Crippen molar-refractivity contribution in [2.75, 3.05) is 52.9 Å². The fourth-order valence-electron chi connectivity index (χ4n) is 3.61. The van der Waals surface area contributed by atoms with Gasteiger partial charge in [0.05, 0.1) is 52.9 Å². The van der Waals surface area contributed by atoms with Crippen LogP contribution in [0, 0.1) is 0 Å². The second-order valence-corrected chi connectivity index (χ2v) is 13.0. The summed E-state index contributed by atoms with van der Waals surface area (Å²) < 4.78 is 42.1. The third kappa shape index (κ3) is 50.6. The summed E-state index contributed by atoms with van der Waals surface area (Å²) in [6, 6.07) is 0. The van der Waals surface area contributed by atoms with Crippen LogP contribution < -0.4 is 20.4 Å². The Morgan fingerprint density at radius 2 is 0.404 bits per heavy atom. The van der Waals surface area contributed by atoms with Crippen molar-refractivity contribution in [3.8, 4) is 0 Å². The number of unbranched alkanes of at least 4 members (excludes halogenated alkanes) is 8. The molecule has 0 radical (unpaired) electrons. The maximum absolute atomic E-state index is 11.0. The molecule has 0 saturated carbocycles. The second-order valence-electron chi connectivity index (χ2n) is 13.0. The summed E-state index contributed by atoms with van der Waals surface area (Å²) in [5.41, 5.74) is 0. The molecule has 0 rings (SSSR count). The van der Waals surface area contributed by atoms with Crippen molar-refractivity contribution in [2.24, 2.45) is 0 Å². The Balaban J connectivity index is -0.000000210. The van der Waals surface area contributed by atoms with E-state index in [0.29, 0.717) is 52.9 Å². The molecule has 0 saturated heterocycles. The minimum atomic E-state index is -0.756. The predicted molar refractivity (Wildman–Crippen MR) is 219 cm³/mol. The quantitative estimate of drug-likeness (QED) is 0.0268. The van der Waals surface area contributed by atoms with E-state index >= 15 is 0 Å². The van der Waals surface area contributed by atoms with Gasteiger partial charge in [-0.2, -0.15) is 0 Å². The molecular formula is C44H84O12Ti. The van der Waals surface area contributed by atoms with Crippen LogP contribution in [-0.4, -0.2) is 78.0 Å². The van der Waals surface area contributed by atoms with E-state index < -0.39 is 25.2 Å². The molecule has 0 aliphatic heterocycles. The summed E-state index contributed by atoms with van der Waals surface area (Å²) in [5, 5.41) is 43.9. The molecule has 336 valence electrons. The van der Waals surface area contributed by atoms with Crippen molar-refractivity contribution in [2.45, 2.75) is 183 Å². The first-order valence-electron chi connectivity index (χ1n) is 21.2. The van der Waals surface area contributed by atoms with E-state index in [1.807, 2.05) is 0 Å². The monoisotopic (exact) mass is 853 g/mol. The fraction of sp³-hybridized carbons (Fsp3) is 0.818. The van der Waals surface area contributed by atoms with Gasteiger partial charge in [0.2, 0.25) is 0 Å². The third-order valence-corrected chi connectivity index (χ3v) is 7.19. The summed E-state index contributed by atoms with van der Waals surface area (Å²) in [6.07, 6.45) is 12.9. The second kappa shape index (κ2) is 52.6. The normalized spacial score (nSPS) is 10.6. The molecule has 13 heteroatoms. The van der Waals surface area contributed by atoms with Crippen LogP contribution in [0.3, 0.4) is 0 Å². The molecule has 0 aliphatic rings. The molecule has 57 heavy (non-hydrogen) atoms. The van der Waals surface area contributed by atoms with E-state index in [1.165, 1.54) is 0 Å². The van der Waals surface area contributed by atoms with Crippen LogP contribution in [-0.2, 0) is 59.6 Å². The van der Waals surface area contributed by atoms with Crippen molar-refractivity contribution >= 4 is 0 Å². The molecule has 0 aromatic rings. The molecule has 0 fully saturated rings. The standard InChI is InChI=1S/4C11H22O3.Ti/c4*1-4-6-8-13-11(10(3)12)14-9-7-5-2;/h4*11-12H,3-9H2,1-2H3;/q;;;;+4/p-4. The maximum Gasteiger partial charge on any atom is 4.00 e. The largest absolute Gasteiger partial charge is 4.00 e. The van der Waals surface area contributed by atoms with E-state index in [-0.39, 0.29) is 44.8 Å². The Morgan fingerprint density at radius 3 is 0.474 bits per heavy atom. The maximum atomic E-state index is 11.0. The predicted octanol–water partition coefficient (Wildman–Crippen LogP) is 7.28. The zero-order valence-corrected chi connectivity index (χ0v) is 39.1. The Labute approximate surface area is 364 Å². The molecule has 0 amide bonds. The molecule has 0 unspecified atom stereocenters. The minimum Gasteiger partial charge on any atom is -0.872 e. The summed E-state index contributed by atoms with van der Waals surface area (Å²) in [7, 11) is 0. The van der Waals surface area contributed by atoms with Crippen LogP contribution >= 0.6 is 0 Å². The number of rotatable bonds is 36. The first-order chi connectivity index (χ1) is 26.9. The SMILES string of the molecule is C=C([O-])C(OCCCC)OCCCC.C=C([O-])C(OCCCC)OCCCC.C=C([O-])C(OCCCC)OCCCC.C=C([O-])C(OCCCC)OCCCC.[Ti+4]. The Kier molecular flexibility index (Phi) is 59.7. The summed E-state index contributed by atoms with van der Waals surface area (Å²) in [5.74, 6) is -1.18. The topological polar surface area (TPSA) is 166 Å². The minimum absolute atomic E-state index is 0. The van der Waals surface area contributed by atoms with Crippen LogP contribution in [0.5, 0.6) is 0 Å². The van der Waals surface area contributed by atoms with E-state index in [0.717, 1.165) is 103 Å². The van der Waals surface area contributed by atoms with Gasteiger partial charge >= 0.3 is 21.7 Å². The molecule has 0 aliphatic carbocycles. The van der Waals surface area contributed by atoms with Crippen molar-refractivity contribution in [1.82, 2.24) is 0 Å². The van der Waals surface area contributed by atoms with Gasteiger partial charge in [-0.25, -0.2) is 0 Å². The van der Waals surface area contributed by atoms with Crippen LogP contribution in [0.15, 0.2) is 49.4 Å². The summed E-state index contributed by atoms with van der Waals surface area (Å²) in [4.78, 5) is 0. The molecular weight excluding hydrogens is 768 g/mol. The molecule has 0 atom stereocenters. The van der Waals surface area contributed by atoms with Gasteiger partial charge < -0.3 is 58.3 Å². The smallest absolute Gasteiger partial charge is 0.872 e. The first-order valence-corrected chi connectivity index (χ1v) is 21.2. The zero-order chi connectivity index (χ0) is 43.2. The van der Waals surface area contributed by atoms with Gasteiger partial charge in [0.15, 0.2) is 25.2 Å². The van der Waals surface area contributed by atoms with E-state index in [2.05, 4.69) is 81.7 Å². The van der Waals surface area contributed by atoms with Crippen molar-refractivity contribution < 1.29 is 80.0 Å². The van der Waals surface area contributed by atoms with E-state index in [9.17, 15) is 20.4 Å². The molecule has 0 N–H and O–H groups in total. The van der Waals surface area contributed by atoms with E-state index in [4.69, 9.17) is 37.9 Å². The van der Waals surface area contributed by atoms with Crippen LogP contribution in [0.4, 0.5) is 0 Å². The molecule has 0 aromatic carbocycles. The van der Waals surface area contributed by atoms with Gasteiger partial charge in [0, 0.05) is 0 Å². The average molecular weight is 853 g/mol. The molecule has 0 heterocycles. The average Bonchev–Trinajstić information content (AvgIpc) is 3.16. The van der Waals surface area contributed by atoms with Gasteiger partial charge in [-0.1, -0.05) is 130 Å². The fourth-order valence-corrected chi connectivity index (χ4v) is 3.61. The first kappa shape index (κ1) is 64.7. The van der Waals surface area contributed by atoms with Crippen LogP contribution in [0.2, 0.25) is 0 Å². The van der Waals surface area contributed by atoms with E-state index in [1.54, 1.807) is 0 Å². The summed E-state index contributed by atoms with van der Waals surface area (Å²) >= 11 is 0. The van der Waals surface area contributed by atoms with Crippen LogP contribution in [0.1, 0.15) is 158 Å². The number of hydrogen-bond donors (Lipinski definition) is 0. The Bertz CT molecular complexity index is 685. The van der Waals surface area contributed by atoms with Crippen molar-refractivity contribution in [1.29, 1.82) is 0 Å². The number of ether oxygens (including phenoxy) is 8. The third-order valence-electron chi connectivity index (χ3n) is 7.19. The van der Waals surface area contributed by atoms with Gasteiger partial charge in [0.25, 0.3) is 0 Å². The zero-order valence-electron chi connectivity index (χ0n) is 37.5. The molecule has 12 nitrogen and oxygen atoms in total. The van der Waals surface area contributed by atoms with Gasteiger partial charge in [-0.3, -0.25) is 0 Å². The van der Waals surface area contributed by atoms with Gasteiger partial charge in [-0.15, -0.1) is 26.3 Å².